The molecule has 0 bridgehead atoms. The summed E-state index contributed by atoms with van der Waals surface area (Å²) in [6.45, 7) is 2.13. The SMILES string of the molecule is Fc1cccc2c1nc(CC1CNC1)n2C1CC1. The zero-order valence-corrected chi connectivity index (χ0v) is 10.2. The smallest absolute Gasteiger partial charge is 0.151 e. The molecule has 3 nitrogen and oxygen atoms in total. The Hall–Kier alpha value is -1.42. The highest BCUT2D eigenvalue weighted by molar-refractivity contribution is 5.77. The van der Waals surface area contributed by atoms with Gasteiger partial charge in [-0.05, 0) is 44.0 Å². The minimum Gasteiger partial charge on any atom is -0.325 e. The predicted molar refractivity (Wildman–Crippen MR) is 68.0 cm³/mol. The van der Waals surface area contributed by atoms with Gasteiger partial charge in [0.25, 0.3) is 0 Å². The number of hydrogen-bond donors (Lipinski definition) is 1. The van der Waals surface area contributed by atoms with Crippen LogP contribution in [0.25, 0.3) is 11.0 Å². The van der Waals surface area contributed by atoms with E-state index in [1.165, 1.54) is 18.9 Å². The molecule has 1 saturated carbocycles. The number of halogens is 1. The Morgan fingerprint density at radius 2 is 2.17 bits per heavy atom. The minimum absolute atomic E-state index is 0.195. The molecule has 1 saturated heterocycles. The number of aromatic nitrogens is 2. The van der Waals surface area contributed by atoms with E-state index in [4.69, 9.17) is 0 Å². The number of fused-ring (bicyclic) bond motifs is 1. The van der Waals surface area contributed by atoms with Crippen LogP contribution in [-0.2, 0) is 6.42 Å². The van der Waals surface area contributed by atoms with E-state index in [0.29, 0.717) is 17.5 Å². The first-order valence-corrected chi connectivity index (χ1v) is 6.69. The Morgan fingerprint density at radius 3 is 2.83 bits per heavy atom. The largest absolute Gasteiger partial charge is 0.325 e. The molecule has 0 spiro atoms. The quantitative estimate of drug-likeness (QED) is 0.899. The van der Waals surface area contributed by atoms with Crippen molar-refractivity contribution < 1.29 is 4.39 Å². The van der Waals surface area contributed by atoms with Gasteiger partial charge >= 0.3 is 0 Å². The number of nitrogens with one attached hydrogen (secondary N) is 1. The van der Waals surface area contributed by atoms with Gasteiger partial charge in [-0.1, -0.05) is 6.07 Å². The van der Waals surface area contributed by atoms with Gasteiger partial charge in [0.15, 0.2) is 5.82 Å². The van der Waals surface area contributed by atoms with E-state index in [9.17, 15) is 4.39 Å². The first-order valence-electron chi connectivity index (χ1n) is 6.69. The van der Waals surface area contributed by atoms with Gasteiger partial charge in [-0.15, -0.1) is 0 Å². The summed E-state index contributed by atoms with van der Waals surface area (Å²) in [6, 6.07) is 5.83. The highest BCUT2D eigenvalue weighted by Gasteiger charge is 2.30. The molecule has 4 rings (SSSR count). The minimum atomic E-state index is -0.195. The van der Waals surface area contributed by atoms with Crippen LogP contribution in [-0.4, -0.2) is 22.6 Å². The lowest BCUT2D eigenvalue weighted by atomic mass is 9.99. The van der Waals surface area contributed by atoms with Crippen molar-refractivity contribution in [1.29, 1.82) is 0 Å². The van der Waals surface area contributed by atoms with E-state index in [0.717, 1.165) is 30.9 Å². The number of para-hydroxylation sites is 1. The zero-order chi connectivity index (χ0) is 12.1. The Kier molecular flexibility index (Phi) is 2.21. The summed E-state index contributed by atoms with van der Waals surface area (Å²) in [6.07, 6.45) is 3.38. The molecule has 2 heterocycles. The molecular formula is C14H16FN3. The van der Waals surface area contributed by atoms with Gasteiger partial charge in [-0.25, -0.2) is 9.37 Å². The number of imidazole rings is 1. The summed E-state index contributed by atoms with van der Waals surface area (Å²) in [4.78, 5) is 4.56. The molecule has 2 aliphatic rings. The van der Waals surface area contributed by atoms with Gasteiger partial charge in [0, 0.05) is 12.5 Å². The van der Waals surface area contributed by atoms with Gasteiger partial charge < -0.3 is 9.88 Å². The van der Waals surface area contributed by atoms with Crippen molar-refractivity contribution >= 4 is 11.0 Å². The van der Waals surface area contributed by atoms with Crippen molar-refractivity contribution in [3.8, 4) is 0 Å². The van der Waals surface area contributed by atoms with Crippen molar-refractivity contribution in [2.75, 3.05) is 13.1 Å². The summed E-state index contributed by atoms with van der Waals surface area (Å²) < 4.78 is 16.1. The van der Waals surface area contributed by atoms with Crippen LogP contribution in [0.5, 0.6) is 0 Å². The molecular weight excluding hydrogens is 229 g/mol. The third-order valence-corrected chi connectivity index (χ3v) is 3.99. The summed E-state index contributed by atoms with van der Waals surface area (Å²) in [5.41, 5.74) is 1.52. The van der Waals surface area contributed by atoms with E-state index in [-0.39, 0.29) is 5.82 Å². The maximum Gasteiger partial charge on any atom is 0.151 e. The molecule has 0 atom stereocenters. The highest BCUT2D eigenvalue weighted by Crippen LogP contribution is 2.39. The van der Waals surface area contributed by atoms with Crippen molar-refractivity contribution in [2.24, 2.45) is 5.92 Å². The van der Waals surface area contributed by atoms with E-state index in [1.54, 1.807) is 6.07 Å². The first kappa shape index (κ1) is 10.5. The Bertz CT molecular complexity index is 596. The second kappa shape index (κ2) is 3.79. The average Bonchev–Trinajstić information content (AvgIpc) is 3.06. The van der Waals surface area contributed by atoms with Crippen molar-refractivity contribution in [1.82, 2.24) is 14.9 Å². The molecule has 0 radical (unpaired) electrons. The Balaban J connectivity index is 1.83. The standard InChI is InChI=1S/C14H16FN3/c15-11-2-1-3-12-14(11)17-13(6-9-7-16-8-9)18(12)10-4-5-10/h1-3,9-10,16H,4-8H2. The van der Waals surface area contributed by atoms with Crippen LogP contribution in [0.4, 0.5) is 4.39 Å². The van der Waals surface area contributed by atoms with Crippen molar-refractivity contribution in [2.45, 2.75) is 25.3 Å². The average molecular weight is 245 g/mol. The van der Waals surface area contributed by atoms with Crippen LogP contribution >= 0.6 is 0 Å². The van der Waals surface area contributed by atoms with E-state index in [1.807, 2.05) is 6.07 Å². The molecule has 1 N–H and O–H groups in total. The summed E-state index contributed by atoms with van der Waals surface area (Å²) in [5, 5.41) is 3.28. The Morgan fingerprint density at radius 1 is 1.33 bits per heavy atom. The molecule has 94 valence electrons. The van der Waals surface area contributed by atoms with Crippen LogP contribution in [0, 0.1) is 11.7 Å². The van der Waals surface area contributed by atoms with E-state index in [2.05, 4.69) is 14.9 Å². The fraction of sp³-hybridized carbons (Fsp3) is 0.500. The number of hydrogen-bond acceptors (Lipinski definition) is 2. The fourth-order valence-corrected chi connectivity index (χ4v) is 2.77. The molecule has 1 aromatic heterocycles. The molecule has 1 aliphatic carbocycles. The lowest BCUT2D eigenvalue weighted by Crippen LogP contribution is -2.43. The number of benzene rings is 1. The molecule has 0 unspecified atom stereocenters. The molecule has 1 aromatic carbocycles. The van der Waals surface area contributed by atoms with Gasteiger partial charge in [0.05, 0.1) is 5.52 Å². The van der Waals surface area contributed by atoms with Gasteiger partial charge in [-0.3, -0.25) is 0 Å². The first-order chi connectivity index (χ1) is 8.83. The second-order valence-corrected chi connectivity index (χ2v) is 5.47. The van der Waals surface area contributed by atoms with Gasteiger partial charge in [-0.2, -0.15) is 0 Å². The highest BCUT2D eigenvalue weighted by atomic mass is 19.1. The van der Waals surface area contributed by atoms with Gasteiger partial charge in [0.1, 0.15) is 11.3 Å². The number of rotatable bonds is 3. The molecule has 2 fully saturated rings. The Labute approximate surface area is 105 Å². The van der Waals surface area contributed by atoms with Crippen LogP contribution < -0.4 is 5.32 Å². The topological polar surface area (TPSA) is 29.9 Å². The molecule has 1 aliphatic heterocycles. The van der Waals surface area contributed by atoms with E-state index >= 15 is 0 Å². The summed E-state index contributed by atoms with van der Waals surface area (Å²) in [7, 11) is 0. The van der Waals surface area contributed by atoms with Crippen molar-refractivity contribution in [3.63, 3.8) is 0 Å². The van der Waals surface area contributed by atoms with Crippen molar-refractivity contribution in [3.05, 3.63) is 29.8 Å². The lowest BCUT2D eigenvalue weighted by Gasteiger charge is -2.26. The molecule has 4 heteroatoms. The second-order valence-electron chi connectivity index (χ2n) is 5.47. The monoisotopic (exact) mass is 245 g/mol. The summed E-state index contributed by atoms with van der Waals surface area (Å²) >= 11 is 0. The third-order valence-electron chi connectivity index (χ3n) is 3.99. The fourth-order valence-electron chi connectivity index (χ4n) is 2.77. The van der Waals surface area contributed by atoms with E-state index < -0.39 is 0 Å². The predicted octanol–water partition coefficient (Wildman–Crippen LogP) is 2.27. The van der Waals surface area contributed by atoms with Gasteiger partial charge in [0.2, 0.25) is 0 Å². The van der Waals surface area contributed by atoms with Crippen LogP contribution in [0.2, 0.25) is 0 Å². The normalized spacial score (nSPS) is 20.3. The lowest BCUT2D eigenvalue weighted by molar-refractivity contribution is 0.337. The molecule has 0 amide bonds. The van der Waals surface area contributed by atoms with Crippen LogP contribution in [0.3, 0.4) is 0 Å². The van der Waals surface area contributed by atoms with Crippen LogP contribution in [0.1, 0.15) is 24.7 Å². The summed E-state index contributed by atoms with van der Waals surface area (Å²) in [5.74, 6) is 1.55. The molecule has 2 aromatic rings. The van der Waals surface area contributed by atoms with Crippen LogP contribution in [0.15, 0.2) is 18.2 Å². The molecule has 18 heavy (non-hydrogen) atoms. The maximum atomic E-state index is 13.8. The number of nitrogens with zero attached hydrogens (tertiary/aromatic N) is 2. The maximum absolute atomic E-state index is 13.8. The zero-order valence-electron chi connectivity index (χ0n) is 10.2. The third kappa shape index (κ3) is 1.56.